The zero-order valence-electron chi connectivity index (χ0n) is 15.3. The molecule has 1 rings (SSSR count). The molecule has 0 bridgehead atoms. The Morgan fingerprint density at radius 3 is 2.12 bits per heavy atom. The molecule has 1 aromatic rings. The molecule has 1 amide bonds. The molecule has 0 radical (unpaired) electrons. The molecule has 148 valence electrons. The Bertz CT molecular complexity index is 601. The Balaban J connectivity index is 0.00000625. The van der Waals surface area contributed by atoms with E-state index in [0.717, 1.165) is 12.1 Å². The molecule has 0 unspecified atom stereocenters. The Morgan fingerprint density at radius 2 is 1.65 bits per heavy atom. The SMILES string of the molecule is CCNC(=O)C(C)(C)CNC(=NC)NCc1ccc(C(F)(F)F)cc1.I. The predicted octanol–water partition coefficient (Wildman–Crippen LogP) is 3.15. The molecule has 0 aromatic heterocycles. The van der Waals surface area contributed by atoms with Crippen LogP contribution in [0, 0.1) is 5.41 Å². The van der Waals surface area contributed by atoms with Crippen molar-refractivity contribution < 1.29 is 18.0 Å². The van der Waals surface area contributed by atoms with Gasteiger partial charge in [-0.05, 0) is 38.5 Å². The first-order chi connectivity index (χ1) is 11.6. The molecule has 5 nitrogen and oxygen atoms in total. The van der Waals surface area contributed by atoms with E-state index in [0.29, 0.717) is 31.2 Å². The minimum Gasteiger partial charge on any atom is -0.356 e. The summed E-state index contributed by atoms with van der Waals surface area (Å²) in [5, 5.41) is 8.84. The van der Waals surface area contributed by atoms with Crippen LogP contribution in [0.5, 0.6) is 0 Å². The second kappa shape index (κ2) is 10.6. The number of carbonyl (C=O) groups excluding carboxylic acids is 1. The van der Waals surface area contributed by atoms with Crippen molar-refractivity contribution in [2.24, 2.45) is 10.4 Å². The number of amides is 1. The Morgan fingerprint density at radius 1 is 1.08 bits per heavy atom. The van der Waals surface area contributed by atoms with E-state index >= 15 is 0 Å². The third-order valence-corrected chi connectivity index (χ3v) is 3.61. The fourth-order valence-electron chi connectivity index (χ4n) is 2.00. The number of nitrogens with zero attached hydrogens (tertiary/aromatic N) is 1. The second-order valence-electron chi connectivity index (χ2n) is 6.22. The summed E-state index contributed by atoms with van der Waals surface area (Å²) >= 11 is 0. The summed E-state index contributed by atoms with van der Waals surface area (Å²) in [6.07, 6.45) is -4.34. The van der Waals surface area contributed by atoms with Gasteiger partial charge in [-0.2, -0.15) is 13.2 Å². The van der Waals surface area contributed by atoms with Gasteiger partial charge in [-0.3, -0.25) is 9.79 Å². The number of benzene rings is 1. The van der Waals surface area contributed by atoms with Crippen LogP contribution in [0.3, 0.4) is 0 Å². The van der Waals surface area contributed by atoms with Crippen LogP contribution < -0.4 is 16.0 Å². The van der Waals surface area contributed by atoms with Gasteiger partial charge in [-0.25, -0.2) is 0 Å². The average molecular weight is 486 g/mol. The monoisotopic (exact) mass is 486 g/mol. The largest absolute Gasteiger partial charge is 0.416 e. The van der Waals surface area contributed by atoms with Crippen molar-refractivity contribution in [3.8, 4) is 0 Å². The number of halogens is 4. The first-order valence-electron chi connectivity index (χ1n) is 7.99. The van der Waals surface area contributed by atoms with Crippen LogP contribution in [0.25, 0.3) is 0 Å². The molecule has 26 heavy (non-hydrogen) atoms. The standard InChI is InChI=1S/C17H25F3N4O.HI/c1-5-22-14(25)16(2,3)11-24-15(21-4)23-10-12-6-8-13(9-7-12)17(18,19)20;/h6-9H,5,10-11H2,1-4H3,(H,22,25)(H2,21,23,24);1H. The van der Waals surface area contributed by atoms with Crippen LogP contribution in [0.4, 0.5) is 13.2 Å². The molecule has 0 spiro atoms. The number of alkyl halides is 3. The van der Waals surface area contributed by atoms with Gasteiger partial charge in [-0.1, -0.05) is 12.1 Å². The second-order valence-corrected chi connectivity index (χ2v) is 6.22. The summed E-state index contributed by atoms with van der Waals surface area (Å²) in [6.45, 7) is 6.72. The van der Waals surface area contributed by atoms with Gasteiger partial charge in [-0.15, -0.1) is 24.0 Å². The normalized spacial score (nSPS) is 12.2. The molecule has 0 heterocycles. The number of hydrogen-bond donors (Lipinski definition) is 3. The van der Waals surface area contributed by atoms with Gasteiger partial charge in [0.1, 0.15) is 0 Å². The van der Waals surface area contributed by atoms with Gasteiger partial charge in [0.2, 0.25) is 5.91 Å². The fourth-order valence-corrected chi connectivity index (χ4v) is 2.00. The summed E-state index contributed by atoms with van der Waals surface area (Å²) < 4.78 is 37.6. The number of guanidine groups is 1. The van der Waals surface area contributed by atoms with Gasteiger partial charge in [0.15, 0.2) is 5.96 Å². The lowest BCUT2D eigenvalue weighted by Crippen LogP contribution is -2.47. The van der Waals surface area contributed by atoms with E-state index in [9.17, 15) is 18.0 Å². The van der Waals surface area contributed by atoms with Crippen LogP contribution in [-0.2, 0) is 17.5 Å². The van der Waals surface area contributed by atoms with Crippen LogP contribution in [0.1, 0.15) is 31.9 Å². The first kappa shape index (κ1) is 24.5. The molecule has 9 heteroatoms. The molecule has 0 saturated carbocycles. The van der Waals surface area contributed by atoms with Crippen molar-refractivity contribution >= 4 is 35.8 Å². The maximum Gasteiger partial charge on any atom is 0.416 e. The summed E-state index contributed by atoms with van der Waals surface area (Å²) in [5.74, 6) is 0.401. The van der Waals surface area contributed by atoms with Crippen molar-refractivity contribution in [3.63, 3.8) is 0 Å². The highest BCUT2D eigenvalue weighted by molar-refractivity contribution is 14.0. The van der Waals surface area contributed by atoms with E-state index in [1.165, 1.54) is 12.1 Å². The quantitative estimate of drug-likeness (QED) is 0.329. The maximum absolute atomic E-state index is 12.5. The van der Waals surface area contributed by atoms with E-state index in [1.807, 2.05) is 20.8 Å². The molecule has 0 fully saturated rings. The van der Waals surface area contributed by atoms with Gasteiger partial charge in [0, 0.05) is 26.7 Å². The van der Waals surface area contributed by atoms with Crippen molar-refractivity contribution in [1.29, 1.82) is 0 Å². The van der Waals surface area contributed by atoms with E-state index in [-0.39, 0.29) is 29.9 Å². The van der Waals surface area contributed by atoms with E-state index in [1.54, 1.807) is 7.05 Å². The third-order valence-electron chi connectivity index (χ3n) is 3.61. The summed E-state index contributed by atoms with van der Waals surface area (Å²) in [7, 11) is 1.58. The molecular weight excluding hydrogens is 460 g/mol. The molecule has 0 aliphatic rings. The Labute approximate surface area is 169 Å². The van der Waals surface area contributed by atoms with E-state index < -0.39 is 17.2 Å². The van der Waals surface area contributed by atoms with Gasteiger partial charge < -0.3 is 16.0 Å². The number of rotatable bonds is 6. The zero-order chi connectivity index (χ0) is 19.1. The fraction of sp³-hybridized carbons (Fsp3) is 0.529. The highest BCUT2D eigenvalue weighted by Crippen LogP contribution is 2.29. The lowest BCUT2D eigenvalue weighted by Gasteiger charge is -2.24. The molecule has 1 aromatic carbocycles. The van der Waals surface area contributed by atoms with Crippen molar-refractivity contribution in [2.45, 2.75) is 33.5 Å². The van der Waals surface area contributed by atoms with Crippen LogP contribution in [0.15, 0.2) is 29.3 Å². The zero-order valence-corrected chi connectivity index (χ0v) is 17.7. The van der Waals surface area contributed by atoms with Gasteiger partial charge >= 0.3 is 6.18 Å². The molecule has 0 aliphatic carbocycles. The molecular formula is C17H26F3IN4O. The minimum atomic E-state index is -4.34. The number of nitrogens with one attached hydrogen (secondary N) is 3. The Hall–Kier alpha value is -1.52. The number of carbonyl (C=O) groups is 1. The van der Waals surface area contributed by atoms with Crippen LogP contribution in [0.2, 0.25) is 0 Å². The predicted molar refractivity (Wildman–Crippen MR) is 108 cm³/mol. The van der Waals surface area contributed by atoms with Gasteiger partial charge in [0.25, 0.3) is 0 Å². The summed E-state index contributed by atoms with van der Waals surface area (Å²) in [5.41, 5.74) is -0.608. The maximum atomic E-state index is 12.5. The smallest absolute Gasteiger partial charge is 0.356 e. The van der Waals surface area contributed by atoms with Crippen molar-refractivity contribution in [2.75, 3.05) is 20.1 Å². The topological polar surface area (TPSA) is 65.5 Å². The average Bonchev–Trinajstić information content (AvgIpc) is 2.54. The lowest BCUT2D eigenvalue weighted by molar-refractivity contribution is -0.137. The molecule has 3 N–H and O–H groups in total. The van der Waals surface area contributed by atoms with E-state index in [4.69, 9.17) is 0 Å². The summed E-state index contributed by atoms with van der Waals surface area (Å²) in [6, 6.07) is 4.93. The molecule has 0 aliphatic heterocycles. The molecule has 0 atom stereocenters. The van der Waals surface area contributed by atoms with Gasteiger partial charge in [0.05, 0.1) is 11.0 Å². The molecule has 0 saturated heterocycles. The number of aliphatic imine (C=N–C) groups is 1. The number of hydrogen-bond acceptors (Lipinski definition) is 2. The summed E-state index contributed by atoms with van der Waals surface area (Å²) in [4.78, 5) is 16.0. The lowest BCUT2D eigenvalue weighted by atomic mass is 9.92. The highest BCUT2D eigenvalue weighted by atomic mass is 127. The Kier molecular flexibility index (Phi) is 9.97. The minimum absolute atomic E-state index is 0. The third kappa shape index (κ3) is 7.79. The van der Waals surface area contributed by atoms with Crippen molar-refractivity contribution in [3.05, 3.63) is 35.4 Å². The van der Waals surface area contributed by atoms with Crippen molar-refractivity contribution in [1.82, 2.24) is 16.0 Å². The van der Waals surface area contributed by atoms with Crippen LogP contribution in [-0.4, -0.2) is 32.0 Å². The van der Waals surface area contributed by atoms with Crippen LogP contribution >= 0.6 is 24.0 Å². The van der Waals surface area contributed by atoms with E-state index in [2.05, 4.69) is 20.9 Å². The first-order valence-corrected chi connectivity index (χ1v) is 7.99. The highest BCUT2D eigenvalue weighted by Gasteiger charge is 2.30.